The van der Waals surface area contributed by atoms with Crippen molar-refractivity contribution in [2.75, 3.05) is 13.2 Å². The van der Waals surface area contributed by atoms with E-state index < -0.39 is 11.8 Å². The number of hydrogen-bond donors (Lipinski definition) is 1. The average molecular weight is 433 g/mol. The van der Waals surface area contributed by atoms with Gasteiger partial charge in [0, 0.05) is 25.0 Å². The van der Waals surface area contributed by atoms with Gasteiger partial charge in [-0.1, -0.05) is 0 Å². The van der Waals surface area contributed by atoms with Crippen LogP contribution in [0, 0.1) is 5.92 Å². The summed E-state index contributed by atoms with van der Waals surface area (Å²) < 4.78 is 37.9. The molecule has 30 heavy (non-hydrogen) atoms. The van der Waals surface area contributed by atoms with Crippen molar-refractivity contribution in [3.63, 3.8) is 0 Å². The number of nitrogens with zero attached hydrogens (tertiary/aromatic N) is 2. The quantitative estimate of drug-likeness (QED) is 0.574. The number of thiazole rings is 1. The second-order valence-electron chi connectivity index (χ2n) is 7.42. The fraction of sp³-hybridized carbons (Fsp3) is 0.381. The summed E-state index contributed by atoms with van der Waals surface area (Å²) in [6, 6.07) is 8.94. The molecular weight excluding hydrogens is 412 g/mol. The van der Waals surface area contributed by atoms with E-state index in [1.807, 2.05) is 25.1 Å². The molecule has 158 valence electrons. The van der Waals surface area contributed by atoms with Crippen LogP contribution in [-0.4, -0.2) is 41.1 Å². The van der Waals surface area contributed by atoms with Crippen molar-refractivity contribution in [1.29, 1.82) is 0 Å². The molecule has 1 aliphatic rings. The smallest absolute Gasteiger partial charge is 0.255 e. The van der Waals surface area contributed by atoms with Crippen molar-refractivity contribution in [1.82, 2.24) is 15.3 Å². The molecule has 0 saturated heterocycles. The number of pyridine rings is 1. The van der Waals surface area contributed by atoms with Gasteiger partial charge in [0.25, 0.3) is 5.92 Å². The Hall–Kier alpha value is -2.81. The minimum Gasteiger partial charge on any atom is -0.493 e. The summed E-state index contributed by atoms with van der Waals surface area (Å²) in [6.07, 6.45) is 1.56. The van der Waals surface area contributed by atoms with Crippen LogP contribution in [0.25, 0.3) is 20.8 Å². The van der Waals surface area contributed by atoms with Crippen LogP contribution in [0.1, 0.15) is 20.3 Å². The van der Waals surface area contributed by atoms with E-state index in [-0.39, 0.29) is 25.0 Å². The van der Waals surface area contributed by atoms with Crippen LogP contribution in [0.4, 0.5) is 8.78 Å². The van der Waals surface area contributed by atoms with E-state index in [0.29, 0.717) is 18.2 Å². The molecule has 0 aliphatic heterocycles. The van der Waals surface area contributed by atoms with Gasteiger partial charge < -0.3 is 14.8 Å². The lowest BCUT2D eigenvalue weighted by atomic mass is 10.2. The lowest BCUT2D eigenvalue weighted by Gasteiger charge is -2.12. The van der Waals surface area contributed by atoms with E-state index in [1.54, 1.807) is 18.3 Å². The number of carbonyl (C=O) groups excluding carboxylic acids is 1. The van der Waals surface area contributed by atoms with Gasteiger partial charge in [-0.05, 0) is 31.2 Å². The average Bonchev–Trinajstić information content (AvgIpc) is 3.10. The topological polar surface area (TPSA) is 73.3 Å². The van der Waals surface area contributed by atoms with Crippen LogP contribution in [0.2, 0.25) is 0 Å². The summed E-state index contributed by atoms with van der Waals surface area (Å²) in [6.45, 7) is 3.67. The van der Waals surface area contributed by atoms with Gasteiger partial charge >= 0.3 is 0 Å². The summed E-state index contributed by atoms with van der Waals surface area (Å²) >= 11 is 1.50. The normalized spacial score (nSPS) is 18.1. The molecule has 1 fully saturated rings. The number of nitrogens with one attached hydrogen (secondary N) is 1. The Morgan fingerprint density at radius 1 is 1.33 bits per heavy atom. The van der Waals surface area contributed by atoms with E-state index in [1.165, 1.54) is 18.3 Å². The first-order valence-corrected chi connectivity index (χ1v) is 10.4. The first-order valence-electron chi connectivity index (χ1n) is 9.58. The zero-order valence-corrected chi connectivity index (χ0v) is 17.3. The van der Waals surface area contributed by atoms with Crippen molar-refractivity contribution < 1.29 is 23.0 Å². The summed E-state index contributed by atoms with van der Waals surface area (Å²) in [5.41, 5.74) is 1.66. The van der Waals surface area contributed by atoms with Crippen LogP contribution >= 0.6 is 11.3 Å². The fourth-order valence-corrected chi connectivity index (χ4v) is 3.93. The Kier molecular flexibility index (Phi) is 5.55. The number of rotatable bonds is 8. The molecule has 9 heteroatoms. The van der Waals surface area contributed by atoms with Crippen LogP contribution < -0.4 is 14.8 Å². The highest BCUT2D eigenvalue weighted by atomic mass is 32.1. The summed E-state index contributed by atoms with van der Waals surface area (Å²) in [5, 5.41) is 3.57. The summed E-state index contributed by atoms with van der Waals surface area (Å²) in [5.74, 6) is -2.32. The molecule has 0 radical (unpaired) electrons. The lowest BCUT2D eigenvalue weighted by Crippen LogP contribution is -2.35. The molecule has 1 amide bonds. The molecule has 2 atom stereocenters. The van der Waals surface area contributed by atoms with Gasteiger partial charge in [0.15, 0.2) is 0 Å². The van der Waals surface area contributed by atoms with Gasteiger partial charge in [0.05, 0.1) is 29.5 Å². The molecule has 0 bridgehead atoms. The highest BCUT2D eigenvalue weighted by Crippen LogP contribution is 2.48. The molecule has 1 aliphatic carbocycles. The first-order chi connectivity index (χ1) is 14.3. The molecule has 3 aromatic rings. The van der Waals surface area contributed by atoms with Crippen LogP contribution in [-0.2, 0) is 4.79 Å². The fourth-order valence-electron chi connectivity index (χ4n) is 2.96. The number of fused-ring (bicyclic) bond motifs is 1. The predicted molar refractivity (Wildman–Crippen MR) is 110 cm³/mol. The third kappa shape index (κ3) is 4.84. The van der Waals surface area contributed by atoms with Gasteiger partial charge in [-0.3, -0.25) is 4.79 Å². The number of hydrogen-bond acceptors (Lipinski definition) is 6. The number of alkyl halides is 2. The van der Waals surface area contributed by atoms with Gasteiger partial charge in [-0.25, -0.2) is 18.7 Å². The number of halogens is 2. The molecule has 1 aromatic carbocycles. The summed E-state index contributed by atoms with van der Waals surface area (Å²) in [4.78, 5) is 19.9. The predicted octanol–water partition coefficient (Wildman–Crippen LogP) is 4.30. The molecule has 2 heterocycles. The number of amides is 1. The standard InChI is InChI=1S/C21H21F2N3O3S/c1-12(25-13(2)27)10-29-19-7-18-17(9-24-19)26-20(30-18)14-3-5-16(6-4-14)28-11-15-8-21(15,22)23/h3-7,9,12,15H,8,10-11H2,1-2H3,(H,25,27)/t12-,15+/m0/s1. The Bertz CT molecular complexity index is 1060. The van der Waals surface area contributed by atoms with Gasteiger partial charge in [0.2, 0.25) is 11.8 Å². The van der Waals surface area contributed by atoms with Gasteiger partial charge in [-0.15, -0.1) is 11.3 Å². The third-order valence-corrected chi connectivity index (χ3v) is 5.76. The van der Waals surface area contributed by atoms with Gasteiger partial charge in [-0.2, -0.15) is 0 Å². The minimum absolute atomic E-state index is 0.0302. The number of benzene rings is 1. The SMILES string of the molecule is CC(=O)N[C@@H](C)COc1cc2sc(-c3ccc(OC[C@H]4CC4(F)F)cc3)nc2cn1. The largest absolute Gasteiger partial charge is 0.493 e. The molecule has 4 rings (SSSR count). The van der Waals surface area contributed by atoms with Crippen LogP contribution in [0.5, 0.6) is 11.6 Å². The van der Waals surface area contributed by atoms with Crippen molar-refractivity contribution >= 4 is 27.5 Å². The highest BCUT2D eigenvalue weighted by molar-refractivity contribution is 7.21. The minimum atomic E-state index is -2.57. The molecule has 1 N–H and O–H groups in total. The van der Waals surface area contributed by atoms with Crippen molar-refractivity contribution in [3.05, 3.63) is 36.5 Å². The molecule has 0 unspecified atom stereocenters. The van der Waals surface area contributed by atoms with E-state index in [2.05, 4.69) is 15.3 Å². The lowest BCUT2D eigenvalue weighted by molar-refractivity contribution is -0.119. The molecular formula is C21H21F2N3O3S. The second kappa shape index (κ2) is 8.14. The monoisotopic (exact) mass is 433 g/mol. The van der Waals surface area contributed by atoms with Crippen molar-refractivity contribution in [2.24, 2.45) is 5.92 Å². The maximum Gasteiger partial charge on any atom is 0.255 e. The van der Waals surface area contributed by atoms with E-state index >= 15 is 0 Å². The molecule has 2 aromatic heterocycles. The van der Waals surface area contributed by atoms with Crippen LogP contribution in [0.15, 0.2) is 36.5 Å². The van der Waals surface area contributed by atoms with Crippen LogP contribution in [0.3, 0.4) is 0 Å². The second-order valence-corrected chi connectivity index (χ2v) is 8.45. The van der Waals surface area contributed by atoms with Gasteiger partial charge in [0.1, 0.15) is 22.9 Å². The molecule has 1 saturated carbocycles. The molecule has 0 spiro atoms. The Morgan fingerprint density at radius 3 is 2.73 bits per heavy atom. The Labute approximate surface area is 176 Å². The maximum atomic E-state index is 12.9. The summed E-state index contributed by atoms with van der Waals surface area (Å²) in [7, 11) is 0. The Morgan fingerprint density at radius 2 is 2.07 bits per heavy atom. The third-order valence-electron chi connectivity index (χ3n) is 4.69. The van der Waals surface area contributed by atoms with E-state index in [9.17, 15) is 13.6 Å². The zero-order valence-electron chi connectivity index (χ0n) is 16.5. The van der Waals surface area contributed by atoms with Crippen molar-refractivity contribution in [3.8, 4) is 22.2 Å². The van der Waals surface area contributed by atoms with Crippen molar-refractivity contribution in [2.45, 2.75) is 32.2 Å². The molecule has 6 nitrogen and oxygen atoms in total. The number of ether oxygens (including phenoxy) is 2. The Balaban J connectivity index is 1.40. The maximum absolute atomic E-state index is 12.9. The van der Waals surface area contributed by atoms with E-state index in [0.717, 1.165) is 20.8 Å². The number of aromatic nitrogens is 2. The number of carbonyl (C=O) groups is 1. The first kappa shape index (κ1) is 20.5. The zero-order chi connectivity index (χ0) is 21.3. The highest BCUT2D eigenvalue weighted by Gasteiger charge is 2.57. The van der Waals surface area contributed by atoms with E-state index in [4.69, 9.17) is 9.47 Å².